The number of hydrogen-bond donors (Lipinski definition) is 1. The summed E-state index contributed by atoms with van der Waals surface area (Å²) in [6.07, 6.45) is 4.41. The van der Waals surface area contributed by atoms with Crippen LogP contribution in [0.3, 0.4) is 0 Å². The van der Waals surface area contributed by atoms with Crippen LogP contribution in [0.1, 0.15) is 31.7 Å². The lowest BCUT2D eigenvalue weighted by Gasteiger charge is -2.12. The molecule has 106 valence electrons. The van der Waals surface area contributed by atoms with Crippen LogP contribution in [-0.4, -0.2) is 12.6 Å². The van der Waals surface area contributed by atoms with Crippen LogP contribution >= 0.6 is 0 Å². The lowest BCUT2D eigenvalue weighted by atomic mass is 10.0. The molecule has 0 fully saturated rings. The minimum atomic E-state index is -0.670. The molecule has 0 bridgehead atoms. The molecule has 19 heavy (non-hydrogen) atoms. The van der Waals surface area contributed by atoms with Crippen LogP contribution in [0.15, 0.2) is 24.8 Å². The van der Waals surface area contributed by atoms with Gasteiger partial charge in [0.2, 0.25) is 0 Å². The van der Waals surface area contributed by atoms with E-state index in [2.05, 4.69) is 6.58 Å². The number of nitrogens with two attached hydrogens (primary N) is 1. The van der Waals surface area contributed by atoms with Crippen molar-refractivity contribution in [1.82, 2.24) is 0 Å². The highest BCUT2D eigenvalue weighted by Crippen LogP contribution is 2.24. The fourth-order valence-electron chi connectivity index (χ4n) is 1.72. The van der Waals surface area contributed by atoms with E-state index in [1.807, 2.05) is 6.92 Å². The Balaban J connectivity index is 2.71. The van der Waals surface area contributed by atoms with E-state index in [1.54, 1.807) is 6.08 Å². The van der Waals surface area contributed by atoms with Crippen molar-refractivity contribution in [3.63, 3.8) is 0 Å². The Bertz CT molecular complexity index is 398. The first kappa shape index (κ1) is 15.6. The fourth-order valence-corrected chi connectivity index (χ4v) is 1.72. The molecular weight excluding hydrogens is 248 g/mol. The van der Waals surface area contributed by atoms with Crippen molar-refractivity contribution in [2.24, 2.45) is 5.73 Å². The van der Waals surface area contributed by atoms with Crippen LogP contribution in [0.25, 0.3) is 0 Å². The zero-order valence-corrected chi connectivity index (χ0v) is 11.3. The summed E-state index contributed by atoms with van der Waals surface area (Å²) in [6.45, 7) is 5.78. The van der Waals surface area contributed by atoms with Crippen LogP contribution in [0.2, 0.25) is 0 Å². The summed E-state index contributed by atoms with van der Waals surface area (Å²) in [7, 11) is 0. The molecule has 1 aromatic carbocycles. The molecule has 0 aliphatic carbocycles. The number of halogens is 2. The summed E-state index contributed by atoms with van der Waals surface area (Å²) >= 11 is 0. The second kappa shape index (κ2) is 7.89. The van der Waals surface area contributed by atoms with Gasteiger partial charge in [0, 0.05) is 6.04 Å². The molecule has 1 atom stereocenters. The van der Waals surface area contributed by atoms with Crippen molar-refractivity contribution in [1.29, 1.82) is 0 Å². The van der Waals surface area contributed by atoms with Crippen molar-refractivity contribution in [3.05, 3.63) is 42.0 Å². The van der Waals surface area contributed by atoms with E-state index >= 15 is 0 Å². The van der Waals surface area contributed by atoms with Gasteiger partial charge in [-0.15, -0.1) is 6.58 Å². The Morgan fingerprint density at radius 1 is 1.37 bits per heavy atom. The van der Waals surface area contributed by atoms with E-state index in [4.69, 9.17) is 10.5 Å². The average Bonchev–Trinajstić information content (AvgIpc) is 2.37. The van der Waals surface area contributed by atoms with Crippen molar-refractivity contribution < 1.29 is 13.5 Å². The van der Waals surface area contributed by atoms with Crippen molar-refractivity contribution in [2.45, 2.75) is 38.6 Å². The molecule has 0 saturated carbocycles. The number of unbranched alkanes of at least 4 members (excludes halogenated alkanes) is 1. The number of rotatable bonds is 8. The molecular formula is C15H21F2NO. The lowest BCUT2D eigenvalue weighted by Crippen LogP contribution is -2.21. The number of ether oxygens (including phenoxy) is 1. The molecule has 0 aromatic heterocycles. The molecule has 0 spiro atoms. The summed E-state index contributed by atoms with van der Waals surface area (Å²) in [4.78, 5) is 0. The number of hydrogen-bond acceptors (Lipinski definition) is 2. The minimum absolute atomic E-state index is 0.0850. The van der Waals surface area contributed by atoms with Crippen LogP contribution in [0.4, 0.5) is 8.78 Å². The van der Waals surface area contributed by atoms with Gasteiger partial charge < -0.3 is 10.5 Å². The molecule has 0 radical (unpaired) electrons. The highest BCUT2D eigenvalue weighted by atomic mass is 19.1. The maximum absolute atomic E-state index is 13.7. The third kappa shape index (κ3) is 4.99. The SMILES string of the molecule is C=CCCCOc1c(F)cc(CC(N)CC)cc1F. The first-order chi connectivity index (χ1) is 9.08. The third-order valence-electron chi connectivity index (χ3n) is 2.88. The van der Waals surface area contributed by atoms with Crippen molar-refractivity contribution in [3.8, 4) is 5.75 Å². The van der Waals surface area contributed by atoms with Gasteiger partial charge >= 0.3 is 0 Å². The predicted molar refractivity (Wildman–Crippen MR) is 73.3 cm³/mol. The van der Waals surface area contributed by atoms with E-state index in [0.717, 1.165) is 12.8 Å². The Morgan fingerprint density at radius 2 is 2.00 bits per heavy atom. The highest BCUT2D eigenvalue weighted by molar-refractivity contribution is 5.31. The Hall–Kier alpha value is -1.42. The predicted octanol–water partition coefficient (Wildman–Crippen LogP) is 3.59. The monoisotopic (exact) mass is 269 g/mol. The van der Waals surface area contributed by atoms with Crippen molar-refractivity contribution in [2.75, 3.05) is 6.61 Å². The molecule has 1 rings (SSSR count). The summed E-state index contributed by atoms with van der Waals surface area (Å²) in [6, 6.07) is 2.50. The normalized spacial score (nSPS) is 12.2. The van der Waals surface area contributed by atoms with Crippen molar-refractivity contribution >= 4 is 0 Å². The van der Waals surface area contributed by atoms with Gasteiger partial charge in [0.25, 0.3) is 0 Å². The van der Waals surface area contributed by atoms with Crippen LogP contribution in [0.5, 0.6) is 5.75 Å². The summed E-state index contributed by atoms with van der Waals surface area (Å²) < 4.78 is 32.6. The van der Waals surface area contributed by atoms with Crippen LogP contribution in [-0.2, 0) is 6.42 Å². The largest absolute Gasteiger partial charge is 0.488 e. The van der Waals surface area contributed by atoms with Gasteiger partial charge in [0.1, 0.15) is 0 Å². The Labute approximate surface area is 113 Å². The van der Waals surface area contributed by atoms with E-state index in [0.29, 0.717) is 18.4 Å². The second-order valence-corrected chi connectivity index (χ2v) is 4.54. The number of allylic oxidation sites excluding steroid dienone is 1. The standard InChI is InChI=1S/C15H21F2NO/c1-3-5-6-7-19-15-13(16)9-11(10-14(15)17)8-12(18)4-2/h3,9-10,12H,1,4-8,18H2,2H3. The highest BCUT2D eigenvalue weighted by Gasteiger charge is 2.13. The zero-order chi connectivity index (χ0) is 14.3. The van der Waals surface area contributed by atoms with Gasteiger partial charge in [0.15, 0.2) is 17.4 Å². The molecule has 0 aliphatic heterocycles. The molecule has 1 unspecified atom stereocenters. The zero-order valence-electron chi connectivity index (χ0n) is 11.3. The summed E-state index contributed by atoms with van der Waals surface area (Å²) in [5.74, 6) is -1.65. The van der Waals surface area contributed by atoms with Crippen LogP contribution < -0.4 is 10.5 Å². The van der Waals surface area contributed by atoms with E-state index in [1.165, 1.54) is 12.1 Å². The topological polar surface area (TPSA) is 35.2 Å². The van der Waals surface area contributed by atoms with E-state index < -0.39 is 11.6 Å². The second-order valence-electron chi connectivity index (χ2n) is 4.54. The maximum atomic E-state index is 13.7. The van der Waals surface area contributed by atoms with E-state index in [-0.39, 0.29) is 18.4 Å². The molecule has 2 nitrogen and oxygen atoms in total. The van der Waals surface area contributed by atoms with Gasteiger partial charge in [-0.1, -0.05) is 13.0 Å². The summed E-state index contributed by atoms with van der Waals surface area (Å²) in [5, 5.41) is 0. The smallest absolute Gasteiger partial charge is 0.190 e. The minimum Gasteiger partial charge on any atom is -0.488 e. The molecule has 1 aromatic rings. The van der Waals surface area contributed by atoms with Gasteiger partial charge in [0.05, 0.1) is 6.61 Å². The molecule has 0 amide bonds. The first-order valence-corrected chi connectivity index (χ1v) is 6.55. The Morgan fingerprint density at radius 3 is 2.53 bits per heavy atom. The fraction of sp³-hybridized carbons (Fsp3) is 0.467. The van der Waals surface area contributed by atoms with Crippen LogP contribution in [0, 0.1) is 11.6 Å². The average molecular weight is 269 g/mol. The summed E-state index contributed by atoms with van der Waals surface area (Å²) in [5.41, 5.74) is 6.33. The Kier molecular flexibility index (Phi) is 6.50. The van der Waals surface area contributed by atoms with Gasteiger partial charge in [-0.3, -0.25) is 0 Å². The lowest BCUT2D eigenvalue weighted by molar-refractivity contribution is 0.280. The maximum Gasteiger partial charge on any atom is 0.190 e. The molecule has 0 saturated heterocycles. The van der Waals surface area contributed by atoms with Gasteiger partial charge in [-0.2, -0.15) is 0 Å². The quantitative estimate of drug-likeness (QED) is 0.578. The third-order valence-corrected chi connectivity index (χ3v) is 2.88. The molecule has 2 N–H and O–H groups in total. The number of benzene rings is 1. The molecule has 0 aliphatic rings. The van der Waals surface area contributed by atoms with Gasteiger partial charge in [-0.25, -0.2) is 8.78 Å². The molecule has 4 heteroatoms. The van der Waals surface area contributed by atoms with Gasteiger partial charge in [-0.05, 0) is 43.4 Å². The molecule has 0 heterocycles. The van der Waals surface area contributed by atoms with E-state index in [9.17, 15) is 8.78 Å². The first-order valence-electron chi connectivity index (χ1n) is 6.55.